The molecule has 0 saturated heterocycles. The number of aromatic nitrogens is 4. The van der Waals surface area contributed by atoms with Gasteiger partial charge in [-0.3, -0.25) is 8.80 Å². The van der Waals surface area contributed by atoms with Gasteiger partial charge < -0.3 is 17.7 Å². The molecule has 0 amide bonds. The third-order valence-electron chi connectivity index (χ3n) is 13.3. The van der Waals surface area contributed by atoms with Crippen molar-refractivity contribution in [3.8, 4) is 11.3 Å². The molecule has 0 atom stereocenters. The van der Waals surface area contributed by atoms with E-state index < -0.39 is 0 Å². The summed E-state index contributed by atoms with van der Waals surface area (Å²) in [6.07, 6.45) is 6.07. The van der Waals surface area contributed by atoms with Gasteiger partial charge >= 0.3 is 0 Å². The van der Waals surface area contributed by atoms with Gasteiger partial charge in [-0.2, -0.15) is 0 Å². The van der Waals surface area contributed by atoms with Gasteiger partial charge in [-0.25, -0.2) is 9.97 Å². The van der Waals surface area contributed by atoms with E-state index in [0.29, 0.717) is 0 Å². The number of furan rings is 4. The van der Waals surface area contributed by atoms with E-state index in [1.807, 2.05) is 48.8 Å². The number of fused-ring (bicyclic) bond motifs is 30. The van der Waals surface area contributed by atoms with Gasteiger partial charge in [-0.1, -0.05) is 103 Å². The van der Waals surface area contributed by atoms with Crippen molar-refractivity contribution < 1.29 is 17.7 Å². The first-order valence-corrected chi connectivity index (χ1v) is 20.7. The Labute approximate surface area is 347 Å². The number of hydrogen-bond acceptors (Lipinski definition) is 6. The molecule has 16 rings (SSSR count). The molecule has 0 bridgehead atoms. The van der Waals surface area contributed by atoms with Crippen LogP contribution in [0, 0.1) is 0 Å². The van der Waals surface area contributed by atoms with Crippen LogP contribution < -0.4 is 0 Å². The Balaban J connectivity index is 1.06. The highest BCUT2D eigenvalue weighted by atomic mass is 16.4. The number of rotatable bonds is 1. The van der Waals surface area contributed by atoms with E-state index in [4.69, 9.17) is 27.6 Å². The molecule has 8 aromatic carbocycles. The number of imidazole rings is 2. The van der Waals surface area contributed by atoms with E-state index in [9.17, 15) is 0 Å². The second-order valence-corrected chi connectivity index (χ2v) is 16.4. The molecule has 0 aliphatic heterocycles. The molecule has 0 radical (unpaired) electrons. The first kappa shape index (κ1) is 31.3. The Morgan fingerprint density at radius 1 is 0.371 bits per heavy atom. The van der Waals surface area contributed by atoms with Crippen molar-refractivity contribution in [3.63, 3.8) is 0 Å². The van der Waals surface area contributed by atoms with Gasteiger partial charge in [0, 0.05) is 78.0 Å². The maximum absolute atomic E-state index is 6.96. The molecule has 62 heavy (non-hydrogen) atoms. The maximum atomic E-state index is 6.96. The summed E-state index contributed by atoms with van der Waals surface area (Å²) >= 11 is 0. The van der Waals surface area contributed by atoms with Gasteiger partial charge in [0.05, 0.1) is 27.5 Å². The molecule has 0 spiro atoms. The van der Waals surface area contributed by atoms with Crippen molar-refractivity contribution in [2.45, 2.75) is 0 Å². The Morgan fingerprint density at radius 2 is 0.887 bits per heavy atom. The lowest BCUT2D eigenvalue weighted by Gasteiger charge is -2.11. The van der Waals surface area contributed by atoms with Crippen molar-refractivity contribution in [2.24, 2.45) is 0 Å². The number of hydrogen-bond donors (Lipinski definition) is 0. The summed E-state index contributed by atoms with van der Waals surface area (Å²) < 4.78 is 31.7. The van der Waals surface area contributed by atoms with Crippen molar-refractivity contribution in [3.05, 3.63) is 158 Å². The van der Waals surface area contributed by atoms with E-state index in [1.165, 1.54) is 0 Å². The first-order valence-electron chi connectivity index (χ1n) is 20.7. The minimum Gasteiger partial charge on any atom is -0.455 e. The van der Waals surface area contributed by atoms with E-state index >= 15 is 0 Å². The fourth-order valence-electron chi connectivity index (χ4n) is 10.8. The van der Waals surface area contributed by atoms with Gasteiger partial charge in [0.2, 0.25) is 0 Å². The SMILES string of the molecule is c1ccc2c(c1)oc1c3c4cc(-c5cn6c(n5)c5ccccc5c5c7c8ccccc8oc7c7oc8ccccc8c7c56)ccc4oc3c3c(c4ccccc4c4nccn43)c21. The summed E-state index contributed by atoms with van der Waals surface area (Å²) in [6.45, 7) is 0. The molecule has 0 fully saturated rings. The molecule has 0 saturated carbocycles. The summed E-state index contributed by atoms with van der Waals surface area (Å²) in [5, 5.41) is 14.6. The zero-order valence-electron chi connectivity index (χ0n) is 32.4. The molecule has 8 heterocycles. The summed E-state index contributed by atoms with van der Waals surface area (Å²) in [5.41, 5.74) is 11.8. The molecule has 0 aliphatic rings. The zero-order valence-corrected chi connectivity index (χ0v) is 32.4. The predicted octanol–water partition coefficient (Wildman–Crippen LogP) is 14.9. The molecule has 8 heteroatoms. The second-order valence-electron chi connectivity index (χ2n) is 16.4. The lowest BCUT2D eigenvalue weighted by Crippen LogP contribution is -1.92. The molecule has 8 nitrogen and oxygen atoms in total. The van der Waals surface area contributed by atoms with Crippen molar-refractivity contribution in [2.75, 3.05) is 0 Å². The van der Waals surface area contributed by atoms with Crippen molar-refractivity contribution in [1.82, 2.24) is 18.8 Å². The third kappa shape index (κ3) is 3.64. The van der Waals surface area contributed by atoms with Crippen LogP contribution in [0.1, 0.15) is 0 Å². The van der Waals surface area contributed by atoms with Crippen LogP contribution in [0.2, 0.25) is 0 Å². The summed E-state index contributed by atoms with van der Waals surface area (Å²) in [7, 11) is 0. The van der Waals surface area contributed by atoms with Crippen LogP contribution in [-0.2, 0) is 0 Å². The van der Waals surface area contributed by atoms with E-state index in [-0.39, 0.29) is 0 Å². The molecule has 0 unspecified atom stereocenters. The monoisotopic (exact) mass is 794 g/mol. The number of nitrogens with zero attached hydrogens (tertiary/aromatic N) is 4. The normalized spacial score (nSPS) is 12.8. The Kier molecular flexibility index (Phi) is 5.43. The smallest absolute Gasteiger partial charge is 0.180 e. The summed E-state index contributed by atoms with van der Waals surface area (Å²) in [6, 6.07) is 48.2. The van der Waals surface area contributed by atoms with Crippen molar-refractivity contribution in [1.29, 1.82) is 0 Å². The van der Waals surface area contributed by atoms with E-state index in [1.54, 1.807) is 0 Å². The average Bonchev–Trinajstić information content (AvgIpc) is 4.18. The van der Waals surface area contributed by atoms with Gasteiger partial charge in [-0.15, -0.1) is 0 Å². The Bertz CT molecular complexity index is 4710. The highest BCUT2D eigenvalue weighted by molar-refractivity contribution is 6.39. The van der Waals surface area contributed by atoms with Crippen LogP contribution >= 0.6 is 0 Å². The van der Waals surface area contributed by atoms with Crippen LogP contribution in [-0.4, -0.2) is 18.8 Å². The third-order valence-corrected chi connectivity index (χ3v) is 13.3. The molecule has 16 aromatic rings. The van der Waals surface area contributed by atoms with Crippen LogP contribution in [0.3, 0.4) is 0 Å². The summed E-state index contributed by atoms with van der Waals surface area (Å²) in [4.78, 5) is 10.3. The predicted molar refractivity (Wildman–Crippen MR) is 249 cm³/mol. The molecule has 0 N–H and O–H groups in total. The van der Waals surface area contributed by atoms with Crippen LogP contribution in [0.25, 0.3) is 154 Å². The van der Waals surface area contributed by atoms with E-state index in [0.717, 1.165) is 154 Å². The Hall–Kier alpha value is -8.62. The first-order chi connectivity index (χ1) is 30.8. The van der Waals surface area contributed by atoms with Gasteiger partial charge in [0.25, 0.3) is 0 Å². The summed E-state index contributed by atoms with van der Waals surface area (Å²) in [5.74, 6) is 0. The topological polar surface area (TPSA) is 87.2 Å². The Morgan fingerprint density at radius 3 is 1.58 bits per heavy atom. The van der Waals surface area contributed by atoms with Crippen molar-refractivity contribution >= 4 is 142 Å². The number of benzene rings is 8. The fourth-order valence-corrected chi connectivity index (χ4v) is 10.8. The second kappa shape index (κ2) is 10.8. The lowest BCUT2D eigenvalue weighted by atomic mass is 9.97. The maximum Gasteiger partial charge on any atom is 0.180 e. The molecule has 0 aliphatic carbocycles. The molecular formula is C54H26N4O4. The van der Waals surface area contributed by atoms with Gasteiger partial charge in [0.15, 0.2) is 16.7 Å². The molecule has 8 aromatic heterocycles. The highest BCUT2D eigenvalue weighted by Gasteiger charge is 2.28. The van der Waals surface area contributed by atoms with Gasteiger partial charge in [-0.05, 0) is 47.2 Å². The largest absolute Gasteiger partial charge is 0.455 e. The minimum atomic E-state index is 0.727. The zero-order chi connectivity index (χ0) is 39.9. The minimum absolute atomic E-state index is 0.727. The van der Waals surface area contributed by atoms with Gasteiger partial charge in [0.1, 0.15) is 39.2 Å². The molecule has 286 valence electrons. The fraction of sp³-hybridized carbons (Fsp3) is 0. The number of para-hydroxylation sites is 3. The number of pyridine rings is 2. The van der Waals surface area contributed by atoms with Crippen LogP contribution in [0.4, 0.5) is 0 Å². The standard InChI is InChI=1S/C54H26N4O4/c1-3-13-30-28(11-1)42-43-32-15-5-8-18-37(32)59-49(43)46-35-25-27(21-22-40(35)60-50(46)48(42)57-24-23-55-53(30)57)36-26-58-47-41(29-12-2-4-14-31(29)54(58)56-36)44-33-16-6-9-19-38(33)61-51(44)52-45(47)34-17-7-10-20-39(34)62-52/h1-26H. The highest BCUT2D eigenvalue weighted by Crippen LogP contribution is 2.50. The van der Waals surface area contributed by atoms with Crippen LogP contribution in [0.5, 0.6) is 0 Å². The lowest BCUT2D eigenvalue weighted by molar-refractivity contribution is 0.633. The van der Waals surface area contributed by atoms with Crippen LogP contribution in [0.15, 0.2) is 176 Å². The molecular weight excluding hydrogens is 769 g/mol. The average molecular weight is 795 g/mol. The quantitative estimate of drug-likeness (QED) is 0.154. The van der Waals surface area contributed by atoms with E-state index in [2.05, 4.69) is 118 Å².